The molecule has 0 atom stereocenters. The van der Waals surface area contributed by atoms with E-state index in [9.17, 15) is 13.6 Å². The lowest BCUT2D eigenvalue weighted by Gasteiger charge is -2.20. The number of benzene rings is 1. The zero-order valence-corrected chi connectivity index (χ0v) is 10.1. The molecular weight excluding hydrogens is 230 g/mol. The molecule has 5 heteroatoms. The average Bonchev–Trinajstić information content (AvgIpc) is 2.15. The monoisotopic (exact) mass is 244 g/mol. The largest absolute Gasteiger partial charge is 0.494 e. The second-order valence-corrected chi connectivity index (χ2v) is 4.44. The Labute approximate surface area is 98.3 Å². The van der Waals surface area contributed by atoms with Gasteiger partial charge >= 0.3 is 5.97 Å². The maximum atomic E-state index is 13.7. The van der Waals surface area contributed by atoms with Gasteiger partial charge in [0.05, 0.1) is 7.11 Å². The van der Waals surface area contributed by atoms with Crippen molar-refractivity contribution in [3.63, 3.8) is 0 Å². The fourth-order valence-corrected chi connectivity index (χ4v) is 1.21. The molecule has 0 saturated heterocycles. The SMILES string of the molecule is COc1ccc(F)c(C(=O)OC(C)(C)C)c1F. The summed E-state index contributed by atoms with van der Waals surface area (Å²) in [6, 6.07) is 2.07. The first-order valence-electron chi connectivity index (χ1n) is 5.01. The first-order valence-corrected chi connectivity index (χ1v) is 5.01. The number of halogens is 2. The number of hydrogen-bond acceptors (Lipinski definition) is 3. The zero-order chi connectivity index (χ0) is 13.2. The number of methoxy groups -OCH3 is 1. The van der Waals surface area contributed by atoms with Gasteiger partial charge in [-0.3, -0.25) is 0 Å². The van der Waals surface area contributed by atoms with Crippen LogP contribution in [-0.2, 0) is 4.74 Å². The number of esters is 1. The highest BCUT2D eigenvalue weighted by Crippen LogP contribution is 2.24. The quantitative estimate of drug-likeness (QED) is 0.750. The molecule has 17 heavy (non-hydrogen) atoms. The zero-order valence-electron chi connectivity index (χ0n) is 10.1. The van der Waals surface area contributed by atoms with Crippen molar-refractivity contribution < 1.29 is 23.0 Å². The molecule has 0 aliphatic carbocycles. The highest BCUT2D eigenvalue weighted by atomic mass is 19.1. The van der Waals surface area contributed by atoms with Gasteiger partial charge in [0.1, 0.15) is 17.0 Å². The first kappa shape index (κ1) is 13.4. The van der Waals surface area contributed by atoms with Crippen LogP contribution >= 0.6 is 0 Å². The molecule has 0 aromatic heterocycles. The van der Waals surface area contributed by atoms with Gasteiger partial charge in [0, 0.05) is 0 Å². The molecule has 0 heterocycles. The Bertz CT molecular complexity index is 436. The maximum Gasteiger partial charge on any atom is 0.344 e. The van der Waals surface area contributed by atoms with Crippen LogP contribution in [0.1, 0.15) is 31.1 Å². The molecular formula is C12H14F2O3. The van der Waals surface area contributed by atoms with Crippen molar-refractivity contribution in [2.45, 2.75) is 26.4 Å². The van der Waals surface area contributed by atoms with E-state index in [1.807, 2.05) is 0 Å². The van der Waals surface area contributed by atoms with E-state index in [1.54, 1.807) is 20.8 Å². The van der Waals surface area contributed by atoms with Gasteiger partial charge in [0.25, 0.3) is 0 Å². The molecule has 0 amide bonds. The van der Waals surface area contributed by atoms with Gasteiger partial charge in [-0.05, 0) is 32.9 Å². The van der Waals surface area contributed by atoms with Crippen molar-refractivity contribution >= 4 is 5.97 Å². The van der Waals surface area contributed by atoms with Crippen molar-refractivity contribution in [2.75, 3.05) is 7.11 Å². The summed E-state index contributed by atoms with van der Waals surface area (Å²) >= 11 is 0. The Balaban J connectivity index is 3.17. The number of carbonyl (C=O) groups excluding carboxylic acids is 1. The van der Waals surface area contributed by atoms with Crippen LogP contribution in [0.15, 0.2) is 12.1 Å². The van der Waals surface area contributed by atoms with E-state index in [1.165, 1.54) is 7.11 Å². The van der Waals surface area contributed by atoms with Gasteiger partial charge in [-0.1, -0.05) is 0 Å². The molecule has 0 saturated carbocycles. The highest BCUT2D eigenvalue weighted by molar-refractivity contribution is 5.90. The smallest absolute Gasteiger partial charge is 0.344 e. The Hall–Kier alpha value is -1.65. The minimum absolute atomic E-state index is 0.202. The third-order valence-electron chi connectivity index (χ3n) is 1.88. The van der Waals surface area contributed by atoms with Crippen LogP contribution in [0, 0.1) is 11.6 Å². The van der Waals surface area contributed by atoms with Crippen molar-refractivity contribution in [1.29, 1.82) is 0 Å². The van der Waals surface area contributed by atoms with Crippen LogP contribution in [0.3, 0.4) is 0 Å². The van der Waals surface area contributed by atoms with E-state index in [2.05, 4.69) is 4.74 Å². The normalized spacial score (nSPS) is 11.2. The number of carbonyl (C=O) groups is 1. The molecule has 0 radical (unpaired) electrons. The van der Waals surface area contributed by atoms with Crippen molar-refractivity contribution in [3.05, 3.63) is 29.3 Å². The summed E-state index contributed by atoms with van der Waals surface area (Å²) < 4.78 is 36.7. The fourth-order valence-electron chi connectivity index (χ4n) is 1.21. The minimum atomic E-state index is -1.05. The van der Waals surface area contributed by atoms with Crippen LogP contribution in [0.5, 0.6) is 5.75 Å². The van der Waals surface area contributed by atoms with E-state index in [-0.39, 0.29) is 5.75 Å². The van der Waals surface area contributed by atoms with Crippen molar-refractivity contribution in [2.24, 2.45) is 0 Å². The summed E-state index contributed by atoms with van der Waals surface area (Å²) in [6.45, 7) is 4.84. The Morgan fingerprint density at radius 1 is 1.24 bits per heavy atom. The lowest BCUT2D eigenvalue weighted by atomic mass is 10.1. The topological polar surface area (TPSA) is 35.5 Å². The van der Waals surface area contributed by atoms with Crippen molar-refractivity contribution in [3.8, 4) is 5.75 Å². The van der Waals surface area contributed by atoms with Gasteiger partial charge in [-0.2, -0.15) is 0 Å². The Kier molecular flexibility index (Phi) is 3.70. The summed E-state index contributed by atoms with van der Waals surface area (Å²) in [7, 11) is 1.23. The lowest BCUT2D eigenvalue weighted by Crippen LogP contribution is -2.25. The van der Waals surface area contributed by atoms with E-state index in [0.717, 1.165) is 12.1 Å². The van der Waals surface area contributed by atoms with Gasteiger partial charge < -0.3 is 9.47 Å². The molecule has 0 fully saturated rings. The predicted molar refractivity (Wildman–Crippen MR) is 58.1 cm³/mol. The predicted octanol–water partition coefficient (Wildman–Crippen LogP) is 2.93. The van der Waals surface area contributed by atoms with Gasteiger partial charge in [0.15, 0.2) is 11.6 Å². The molecule has 0 aliphatic rings. The van der Waals surface area contributed by atoms with Gasteiger partial charge in [-0.25, -0.2) is 13.6 Å². The Morgan fingerprint density at radius 3 is 2.29 bits per heavy atom. The number of ether oxygens (including phenoxy) is 2. The van der Waals surface area contributed by atoms with Crippen LogP contribution in [0.25, 0.3) is 0 Å². The van der Waals surface area contributed by atoms with Gasteiger partial charge in [-0.15, -0.1) is 0 Å². The molecule has 0 aliphatic heterocycles. The first-order chi connectivity index (χ1) is 7.76. The number of rotatable bonds is 2. The van der Waals surface area contributed by atoms with Crippen LogP contribution in [0.4, 0.5) is 8.78 Å². The summed E-state index contributed by atoms with van der Waals surface area (Å²) in [5.74, 6) is -3.28. The summed E-state index contributed by atoms with van der Waals surface area (Å²) in [6.07, 6.45) is 0. The highest BCUT2D eigenvalue weighted by Gasteiger charge is 2.26. The minimum Gasteiger partial charge on any atom is -0.494 e. The molecule has 3 nitrogen and oxygen atoms in total. The molecule has 1 aromatic carbocycles. The fraction of sp³-hybridized carbons (Fsp3) is 0.417. The van der Waals surface area contributed by atoms with E-state index in [4.69, 9.17) is 4.74 Å². The van der Waals surface area contributed by atoms with Crippen LogP contribution in [0.2, 0.25) is 0 Å². The molecule has 0 unspecified atom stereocenters. The molecule has 0 N–H and O–H groups in total. The Morgan fingerprint density at radius 2 is 1.82 bits per heavy atom. The van der Waals surface area contributed by atoms with E-state index >= 15 is 0 Å². The number of hydrogen-bond donors (Lipinski definition) is 0. The van der Waals surface area contributed by atoms with Gasteiger partial charge in [0.2, 0.25) is 0 Å². The molecule has 0 spiro atoms. The second kappa shape index (κ2) is 4.69. The molecule has 1 rings (SSSR count). The summed E-state index contributed by atoms with van der Waals surface area (Å²) in [4.78, 5) is 11.6. The second-order valence-electron chi connectivity index (χ2n) is 4.44. The average molecular weight is 244 g/mol. The van der Waals surface area contributed by atoms with Crippen LogP contribution in [-0.4, -0.2) is 18.7 Å². The van der Waals surface area contributed by atoms with Crippen LogP contribution < -0.4 is 4.74 Å². The summed E-state index contributed by atoms with van der Waals surface area (Å²) in [5.41, 5.74) is -1.56. The van der Waals surface area contributed by atoms with Crippen molar-refractivity contribution in [1.82, 2.24) is 0 Å². The molecule has 0 bridgehead atoms. The lowest BCUT2D eigenvalue weighted by molar-refractivity contribution is 0.00588. The maximum absolute atomic E-state index is 13.7. The molecule has 1 aromatic rings. The standard InChI is InChI=1S/C12H14F2O3/c1-12(2,3)17-11(15)9-7(13)5-6-8(16-4)10(9)14/h5-6H,1-4H3. The third kappa shape index (κ3) is 3.15. The van der Waals surface area contributed by atoms with E-state index in [0.29, 0.717) is 0 Å². The molecule has 94 valence electrons. The summed E-state index contributed by atoms with van der Waals surface area (Å²) in [5, 5.41) is 0. The van der Waals surface area contributed by atoms with E-state index < -0.39 is 28.8 Å². The third-order valence-corrected chi connectivity index (χ3v) is 1.88.